The molecule has 7 heteroatoms. The second-order valence-electron chi connectivity index (χ2n) is 4.37. The Balaban J connectivity index is 1.89. The molecule has 0 saturated heterocycles. The van der Waals surface area contributed by atoms with Crippen molar-refractivity contribution in [1.29, 1.82) is 0 Å². The predicted molar refractivity (Wildman–Crippen MR) is 76.4 cm³/mol. The van der Waals surface area contributed by atoms with Gasteiger partial charge in [-0.2, -0.15) is 0 Å². The number of hydrogen-bond donors (Lipinski definition) is 1. The number of nitrogens with one attached hydrogen (secondary N) is 1. The van der Waals surface area contributed by atoms with E-state index < -0.39 is 10.0 Å². The Morgan fingerprint density at radius 2 is 2.05 bits per heavy atom. The van der Waals surface area contributed by atoms with E-state index in [1.807, 2.05) is 12.1 Å². The Hall–Kier alpha value is -1.11. The van der Waals surface area contributed by atoms with E-state index in [4.69, 9.17) is 11.6 Å². The molecule has 0 saturated carbocycles. The summed E-state index contributed by atoms with van der Waals surface area (Å²) in [4.78, 5) is 3.75. The number of aryl methyl sites for hydroxylation is 2. The maximum absolute atomic E-state index is 12.1. The molecule has 0 fully saturated rings. The number of anilines is 1. The quantitative estimate of drug-likeness (QED) is 0.947. The fourth-order valence-electron chi connectivity index (χ4n) is 2.20. The first kappa shape index (κ1) is 12.9. The maximum atomic E-state index is 12.1. The zero-order valence-electron chi connectivity index (χ0n) is 9.89. The van der Waals surface area contributed by atoms with Gasteiger partial charge in [0.05, 0.1) is 6.20 Å². The molecule has 0 aliphatic heterocycles. The molecule has 0 bridgehead atoms. The monoisotopic (exact) mass is 314 g/mol. The van der Waals surface area contributed by atoms with Crippen molar-refractivity contribution in [2.45, 2.75) is 23.5 Å². The third kappa shape index (κ3) is 2.61. The van der Waals surface area contributed by atoms with Crippen LogP contribution in [0.25, 0.3) is 0 Å². The average Bonchev–Trinajstić information content (AvgIpc) is 2.96. The second-order valence-corrected chi connectivity index (χ2v) is 7.90. The molecule has 0 radical (unpaired) electrons. The first-order valence-electron chi connectivity index (χ1n) is 5.80. The Labute approximate surface area is 120 Å². The summed E-state index contributed by atoms with van der Waals surface area (Å²) in [6, 6.07) is 5.69. The van der Waals surface area contributed by atoms with Gasteiger partial charge in [-0.15, -0.1) is 0 Å². The fourth-order valence-corrected chi connectivity index (χ4v) is 4.55. The lowest BCUT2D eigenvalue weighted by atomic mass is 10.1. The van der Waals surface area contributed by atoms with Crippen LogP contribution in [-0.4, -0.2) is 13.4 Å². The minimum absolute atomic E-state index is 0.123. The minimum Gasteiger partial charge on any atom is -0.279 e. The Morgan fingerprint density at radius 1 is 1.26 bits per heavy atom. The Bertz CT molecular complexity index is 725. The maximum Gasteiger partial charge on any atom is 0.273 e. The summed E-state index contributed by atoms with van der Waals surface area (Å²) in [7, 11) is -3.59. The number of thiazole rings is 1. The van der Waals surface area contributed by atoms with Crippen molar-refractivity contribution in [2.24, 2.45) is 0 Å². The number of benzene rings is 1. The van der Waals surface area contributed by atoms with E-state index in [0.29, 0.717) is 5.69 Å². The van der Waals surface area contributed by atoms with Gasteiger partial charge in [0.25, 0.3) is 10.0 Å². The van der Waals surface area contributed by atoms with Crippen LogP contribution >= 0.6 is 22.9 Å². The van der Waals surface area contributed by atoms with E-state index in [1.54, 1.807) is 6.07 Å². The number of sulfonamides is 1. The van der Waals surface area contributed by atoms with Crippen LogP contribution in [0.3, 0.4) is 0 Å². The van der Waals surface area contributed by atoms with Gasteiger partial charge >= 0.3 is 0 Å². The molecule has 0 spiro atoms. The molecule has 1 aromatic heterocycles. The second kappa shape index (κ2) is 4.77. The molecule has 1 aromatic carbocycles. The number of aromatic nitrogens is 1. The van der Waals surface area contributed by atoms with Crippen molar-refractivity contribution >= 4 is 38.6 Å². The number of rotatable bonds is 3. The van der Waals surface area contributed by atoms with E-state index in [9.17, 15) is 8.42 Å². The van der Waals surface area contributed by atoms with Crippen LogP contribution in [0.1, 0.15) is 17.5 Å². The summed E-state index contributed by atoms with van der Waals surface area (Å²) >= 11 is 6.60. The average molecular weight is 315 g/mol. The Kier molecular flexibility index (Phi) is 3.24. The molecule has 19 heavy (non-hydrogen) atoms. The normalized spacial score (nSPS) is 14.4. The summed E-state index contributed by atoms with van der Waals surface area (Å²) in [6.45, 7) is 0. The molecule has 2 aromatic rings. The van der Waals surface area contributed by atoms with E-state index in [2.05, 4.69) is 9.71 Å². The van der Waals surface area contributed by atoms with Crippen LogP contribution in [0.4, 0.5) is 5.69 Å². The third-order valence-electron chi connectivity index (χ3n) is 3.07. The highest BCUT2D eigenvalue weighted by molar-refractivity contribution is 7.94. The van der Waals surface area contributed by atoms with Crippen molar-refractivity contribution in [3.05, 3.63) is 40.0 Å². The molecule has 1 N–H and O–H groups in total. The summed E-state index contributed by atoms with van der Waals surface area (Å²) in [6.07, 6.45) is 4.49. The van der Waals surface area contributed by atoms with Gasteiger partial charge in [-0.25, -0.2) is 13.4 Å². The van der Waals surface area contributed by atoms with Crippen molar-refractivity contribution in [1.82, 2.24) is 4.98 Å². The van der Waals surface area contributed by atoms with Gasteiger partial charge in [-0.3, -0.25) is 4.72 Å². The molecular formula is C12H11ClN2O2S2. The number of fused-ring (bicyclic) bond motifs is 1. The molecular weight excluding hydrogens is 304 g/mol. The smallest absolute Gasteiger partial charge is 0.273 e. The van der Waals surface area contributed by atoms with Gasteiger partial charge in [0.15, 0.2) is 8.68 Å². The molecule has 1 aliphatic carbocycles. The van der Waals surface area contributed by atoms with E-state index in [1.165, 1.54) is 17.3 Å². The first-order valence-corrected chi connectivity index (χ1v) is 8.48. The SMILES string of the molecule is O=S(=O)(Nc1ccc2c(c1)CCC2)c1cnc(Cl)s1. The molecule has 0 amide bonds. The van der Waals surface area contributed by atoms with Crippen LogP contribution in [-0.2, 0) is 22.9 Å². The van der Waals surface area contributed by atoms with E-state index >= 15 is 0 Å². The standard InChI is InChI=1S/C12H11ClN2O2S2/c13-12-14-7-11(18-12)19(16,17)15-10-5-4-8-2-1-3-9(8)6-10/h4-7,15H,1-3H2. The summed E-state index contributed by atoms with van der Waals surface area (Å²) in [5, 5.41) is 0. The molecule has 100 valence electrons. The van der Waals surface area contributed by atoms with E-state index in [-0.39, 0.29) is 8.68 Å². The van der Waals surface area contributed by atoms with Gasteiger partial charge in [0.2, 0.25) is 0 Å². The van der Waals surface area contributed by atoms with Crippen LogP contribution in [0.2, 0.25) is 4.47 Å². The molecule has 0 atom stereocenters. The lowest BCUT2D eigenvalue weighted by Gasteiger charge is -2.07. The third-order valence-corrected chi connectivity index (χ3v) is 6.03. The zero-order valence-corrected chi connectivity index (χ0v) is 12.3. The molecule has 1 heterocycles. The van der Waals surface area contributed by atoms with Crippen LogP contribution in [0, 0.1) is 0 Å². The van der Waals surface area contributed by atoms with Gasteiger partial charge in [0, 0.05) is 5.69 Å². The van der Waals surface area contributed by atoms with Gasteiger partial charge in [-0.1, -0.05) is 29.0 Å². The first-order chi connectivity index (χ1) is 9.04. The highest BCUT2D eigenvalue weighted by Gasteiger charge is 2.19. The fraction of sp³-hybridized carbons (Fsp3) is 0.250. The van der Waals surface area contributed by atoms with Gasteiger partial charge in [-0.05, 0) is 42.5 Å². The van der Waals surface area contributed by atoms with Crippen molar-refractivity contribution in [3.8, 4) is 0 Å². The molecule has 3 rings (SSSR count). The topological polar surface area (TPSA) is 59.1 Å². The Morgan fingerprint density at radius 3 is 2.79 bits per heavy atom. The number of hydrogen-bond acceptors (Lipinski definition) is 4. The van der Waals surface area contributed by atoms with Crippen LogP contribution < -0.4 is 4.72 Å². The van der Waals surface area contributed by atoms with Gasteiger partial charge in [0.1, 0.15) is 0 Å². The summed E-state index contributed by atoms with van der Waals surface area (Å²) in [5.41, 5.74) is 3.12. The van der Waals surface area contributed by atoms with Crippen molar-refractivity contribution in [3.63, 3.8) is 0 Å². The largest absolute Gasteiger partial charge is 0.279 e. The number of halogens is 1. The minimum atomic E-state index is -3.59. The predicted octanol–water partition coefficient (Wildman–Crippen LogP) is 3.09. The lowest BCUT2D eigenvalue weighted by Crippen LogP contribution is -2.11. The molecule has 1 aliphatic rings. The van der Waals surface area contributed by atoms with E-state index in [0.717, 1.165) is 30.6 Å². The number of nitrogens with zero attached hydrogens (tertiary/aromatic N) is 1. The van der Waals surface area contributed by atoms with Crippen LogP contribution in [0.15, 0.2) is 28.6 Å². The van der Waals surface area contributed by atoms with Crippen LogP contribution in [0.5, 0.6) is 0 Å². The summed E-state index contributed by atoms with van der Waals surface area (Å²) < 4.78 is 27.1. The lowest BCUT2D eigenvalue weighted by molar-refractivity contribution is 0.603. The zero-order chi connectivity index (χ0) is 13.5. The highest BCUT2D eigenvalue weighted by Crippen LogP contribution is 2.28. The van der Waals surface area contributed by atoms with Gasteiger partial charge < -0.3 is 0 Å². The highest BCUT2D eigenvalue weighted by atomic mass is 35.5. The van der Waals surface area contributed by atoms with Crippen molar-refractivity contribution in [2.75, 3.05) is 4.72 Å². The van der Waals surface area contributed by atoms with Crippen molar-refractivity contribution < 1.29 is 8.42 Å². The molecule has 0 unspecified atom stereocenters. The summed E-state index contributed by atoms with van der Waals surface area (Å²) in [5.74, 6) is 0. The molecule has 4 nitrogen and oxygen atoms in total.